The van der Waals surface area contributed by atoms with Crippen LogP contribution in [-0.4, -0.2) is 67.8 Å². The van der Waals surface area contributed by atoms with Gasteiger partial charge in [0, 0.05) is 27.7 Å². The van der Waals surface area contributed by atoms with Crippen LogP contribution in [0.15, 0.2) is 12.7 Å². The van der Waals surface area contributed by atoms with Crippen molar-refractivity contribution in [3.63, 3.8) is 0 Å². The minimum atomic E-state index is -1.35. The van der Waals surface area contributed by atoms with E-state index in [1.165, 1.54) is 19.9 Å². The molecule has 1 rings (SSSR count). The van der Waals surface area contributed by atoms with Gasteiger partial charge < -0.3 is 28.4 Å². The zero-order valence-electron chi connectivity index (χ0n) is 15.7. The molecular weight excluding hydrogens is 364 g/mol. The van der Waals surface area contributed by atoms with Crippen molar-refractivity contribution in [2.75, 3.05) is 13.2 Å². The third-order valence-corrected chi connectivity index (χ3v) is 3.33. The summed E-state index contributed by atoms with van der Waals surface area (Å²) in [5.74, 6) is -2.63. The van der Waals surface area contributed by atoms with Crippen molar-refractivity contribution in [1.29, 1.82) is 0 Å². The Balaban J connectivity index is 3.24. The van der Waals surface area contributed by atoms with Crippen LogP contribution in [0.2, 0.25) is 0 Å². The lowest BCUT2D eigenvalue weighted by Crippen LogP contribution is -2.62. The fraction of sp³-hybridized carbons (Fsp3) is 0.647. The molecule has 1 saturated heterocycles. The smallest absolute Gasteiger partial charge is 0.305 e. The third kappa shape index (κ3) is 7.35. The van der Waals surface area contributed by atoms with E-state index in [1.807, 2.05) is 0 Å². The number of hydrogen-bond donors (Lipinski definition) is 0. The predicted octanol–water partition coefficient (Wildman–Crippen LogP) is 0.272. The molecular formula is C17H24O10. The summed E-state index contributed by atoms with van der Waals surface area (Å²) in [6.45, 7) is 7.93. The summed E-state index contributed by atoms with van der Waals surface area (Å²) in [6, 6.07) is 0. The maximum atomic E-state index is 11.5. The van der Waals surface area contributed by atoms with Crippen molar-refractivity contribution in [3.8, 4) is 0 Å². The molecule has 10 nitrogen and oxygen atoms in total. The molecule has 152 valence electrons. The Kier molecular flexibility index (Phi) is 8.89. The van der Waals surface area contributed by atoms with E-state index in [2.05, 4.69) is 6.58 Å². The minimum absolute atomic E-state index is 0.0211. The van der Waals surface area contributed by atoms with Crippen molar-refractivity contribution >= 4 is 23.9 Å². The second-order valence-corrected chi connectivity index (χ2v) is 5.69. The summed E-state index contributed by atoms with van der Waals surface area (Å²) in [6.07, 6.45) is -4.32. The van der Waals surface area contributed by atoms with Gasteiger partial charge in [-0.15, -0.1) is 6.58 Å². The Morgan fingerprint density at radius 3 is 1.89 bits per heavy atom. The molecule has 0 aromatic rings. The Labute approximate surface area is 156 Å². The molecule has 0 bridgehead atoms. The predicted molar refractivity (Wildman–Crippen MR) is 88.1 cm³/mol. The molecule has 0 radical (unpaired) electrons. The second-order valence-electron chi connectivity index (χ2n) is 5.69. The molecule has 0 saturated carbocycles. The largest absolute Gasteiger partial charge is 0.463 e. The van der Waals surface area contributed by atoms with Crippen molar-refractivity contribution in [2.45, 2.75) is 58.4 Å². The highest BCUT2D eigenvalue weighted by atomic mass is 16.7. The van der Waals surface area contributed by atoms with Crippen molar-refractivity contribution in [1.82, 2.24) is 0 Å². The highest BCUT2D eigenvalue weighted by molar-refractivity contribution is 5.68. The number of esters is 4. The Morgan fingerprint density at radius 2 is 1.41 bits per heavy atom. The van der Waals surface area contributed by atoms with Crippen molar-refractivity contribution < 1.29 is 47.6 Å². The molecule has 1 fully saturated rings. The molecule has 1 aliphatic heterocycles. The fourth-order valence-electron chi connectivity index (χ4n) is 2.49. The zero-order chi connectivity index (χ0) is 20.6. The van der Waals surface area contributed by atoms with Crippen LogP contribution in [0.5, 0.6) is 0 Å². The molecule has 0 aromatic carbocycles. The average molecular weight is 388 g/mol. The van der Waals surface area contributed by atoms with E-state index in [4.69, 9.17) is 28.4 Å². The van der Waals surface area contributed by atoms with Gasteiger partial charge in [-0.25, -0.2) is 0 Å². The van der Waals surface area contributed by atoms with Gasteiger partial charge in [-0.3, -0.25) is 19.2 Å². The van der Waals surface area contributed by atoms with E-state index >= 15 is 0 Å². The molecule has 27 heavy (non-hydrogen) atoms. The van der Waals surface area contributed by atoms with Gasteiger partial charge in [-0.05, 0) is 0 Å². The standard InChI is InChI=1S/C17H24O10/c1-6-7-22-15-14(24-10(3)19)13(8-23-9(2)18)27-17(26-12(5)21)16(15)25-11(4)20/h6,13-17H,1,7-8H2,2-5H3/t13-,14+,15-,16-,17+/m0/s1. The van der Waals surface area contributed by atoms with Gasteiger partial charge in [0.05, 0.1) is 6.61 Å². The maximum absolute atomic E-state index is 11.5. The SMILES string of the molecule is C=CCO[C@@H]1[C@H](OC(C)=O)[C@H](OC(C)=O)O[C@@H](COC(C)=O)[C@H]1OC(C)=O. The van der Waals surface area contributed by atoms with E-state index in [0.717, 1.165) is 13.8 Å². The fourth-order valence-corrected chi connectivity index (χ4v) is 2.49. The van der Waals surface area contributed by atoms with Gasteiger partial charge in [-0.2, -0.15) is 0 Å². The molecule has 5 atom stereocenters. The van der Waals surface area contributed by atoms with E-state index in [1.54, 1.807) is 0 Å². The van der Waals surface area contributed by atoms with Gasteiger partial charge >= 0.3 is 23.9 Å². The van der Waals surface area contributed by atoms with Crippen LogP contribution < -0.4 is 0 Å². The summed E-state index contributed by atoms with van der Waals surface area (Å²) in [5.41, 5.74) is 0. The topological polar surface area (TPSA) is 124 Å². The van der Waals surface area contributed by atoms with Crippen LogP contribution in [0.4, 0.5) is 0 Å². The lowest BCUT2D eigenvalue weighted by molar-refractivity contribution is -0.303. The van der Waals surface area contributed by atoms with E-state index < -0.39 is 54.6 Å². The third-order valence-electron chi connectivity index (χ3n) is 3.33. The molecule has 1 heterocycles. The van der Waals surface area contributed by atoms with Gasteiger partial charge in [-0.1, -0.05) is 6.08 Å². The van der Waals surface area contributed by atoms with Gasteiger partial charge in [0.1, 0.15) is 18.8 Å². The van der Waals surface area contributed by atoms with Crippen molar-refractivity contribution in [3.05, 3.63) is 12.7 Å². The van der Waals surface area contributed by atoms with Crippen LogP contribution in [-0.2, 0) is 47.6 Å². The van der Waals surface area contributed by atoms with E-state index in [0.29, 0.717) is 0 Å². The summed E-state index contributed by atoms with van der Waals surface area (Å²) < 4.78 is 31.7. The highest BCUT2D eigenvalue weighted by Gasteiger charge is 2.52. The van der Waals surface area contributed by atoms with Crippen molar-refractivity contribution in [2.24, 2.45) is 0 Å². The molecule has 10 heteroatoms. The second kappa shape index (κ2) is 10.6. The van der Waals surface area contributed by atoms with Crippen LogP contribution in [0.1, 0.15) is 27.7 Å². The van der Waals surface area contributed by atoms with Crippen LogP contribution in [0.25, 0.3) is 0 Å². The first-order chi connectivity index (χ1) is 12.6. The molecule has 0 aliphatic carbocycles. The molecule has 0 unspecified atom stereocenters. The number of rotatable bonds is 8. The van der Waals surface area contributed by atoms with Gasteiger partial charge in [0.25, 0.3) is 0 Å². The summed E-state index contributed by atoms with van der Waals surface area (Å²) >= 11 is 0. The first kappa shape index (κ1) is 22.6. The minimum Gasteiger partial charge on any atom is -0.463 e. The summed E-state index contributed by atoms with van der Waals surface area (Å²) in [5, 5.41) is 0. The molecule has 1 aliphatic rings. The zero-order valence-corrected chi connectivity index (χ0v) is 15.7. The van der Waals surface area contributed by atoms with E-state index in [9.17, 15) is 19.2 Å². The monoisotopic (exact) mass is 388 g/mol. The Bertz CT molecular complexity index is 572. The van der Waals surface area contributed by atoms with Gasteiger partial charge in [0.15, 0.2) is 12.2 Å². The lowest BCUT2D eigenvalue weighted by atomic mass is 9.98. The summed E-state index contributed by atoms with van der Waals surface area (Å²) in [4.78, 5) is 45.6. The molecule has 0 aromatic heterocycles. The number of carbonyl (C=O) groups is 4. The summed E-state index contributed by atoms with van der Waals surface area (Å²) in [7, 11) is 0. The lowest BCUT2D eigenvalue weighted by Gasteiger charge is -2.43. The normalized spacial score (nSPS) is 27.2. The molecule has 0 spiro atoms. The van der Waals surface area contributed by atoms with Gasteiger partial charge in [0.2, 0.25) is 6.29 Å². The Hall–Kier alpha value is -2.46. The van der Waals surface area contributed by atoms with E-state index in [-0.39, 0.29) is 13.2 Å². The molecule has 0 N–H and O–H groups in total. The first-order valence-corrected chi connectivity index (χ1v) is 8.18. The maximum Gasteiger partial charge on any atom is 0.305 e. The molecule has 0 amide bonds. The number of hydrogen-bond acceptors (Lipinski definition) is 10. The first-order valence-electron chi connectivity index (χ1n) is 8.18. The van der Waals surface area contributed by atoms with Crippen LogP contribution in [0, 0.1) is 0 Å². The average Bonchev–Trinajstić information content (AvgIpc) is 2.53. The van der Waals surface area contributed by atoms with Crippen LogP contribution in [0.3, 0.4) is 0 Å². The van der Waals surface area contributed by atoms with Crippen LogP contribution >= 0.6 is 0 Å². The Morgan fingerprint density at radius 1 is 0.852 bits per heavy atom. The quantitative estimate of drug-likeness (QED) is 0.325. The number of ether oxygens (including phenoxy) is 6. The highest BCUT2D eigenvalue weighted by Crippen LogP contribution is 2.29. The number of carbonyl (C=O) groups excluding carboxylic acids is 4.